The summed E-state index contributed by atoms with van der Waals surface area (Å²) >= 11 is 0. The van der Waals surface area contributed by atoms with E-state index in [1.807, 2.05) is 18.2 Å². The smallest absolute Gasteiger partial charge is 0.241 e. The summed E-state index contributed by atoms with van der Waals surface area (Å²) in [7, 11) is 1.59. The summed E-state index contributed by atoms with van der Waals surface area (Å²) in [5, 5.41) is 6.19. The molecule has 0 bridgehead atoms. The van der Waals surface area contributed by atoms with Crippen LogP contribution in [0.4, 0.5) is 15.9 Å². The first-order chi connectivity index (χ1) is 17.0. The maximum atomic E-state index is 13.1. The van der Waals surface area contributed by atoms with Crippen molar-refractivity contribution in [2.24, 2.45) is 5.41 Å². The molecule has 1 saturated carbocycles. The zero-order chi connectivity index (χ0) is 24.4. The van der Waals surface area contributed by atoms with Gasteiger partial charge in [0.25, 0.3) is 0 Å². The Bertz CT molecular complexity index is 1400. The van der Waals surface area contributed by atoms with Gasteiger partial charge in [-0.2, -0.15) is 0 Å². The van der Waals surface area contributed by atoms with E-state index in [0.29, 0.717) is 41.6 Å². The van der Waals surface area contributed by atoms with Crippen molar-refractivity contribution < 1.29 is 23.5 Å². The number of aromatic nitrogens is 2. The van der Waals surface area contributed by atoms with Crippen LogP contribution in [0, 0.1) is 11.2 Å². The molecule has 0 spiro atoms. The number of carbonyl (C=O) groups is 2. The van der Waals surface area contributed by atoms with Crippen molar-refractivity contribution in [2.75, 3.05) is 17.7 Å². The van der Waals surface area contributed by atoms with E-state index in [4.69, 9.17) is 9.47 Å². The maximum absolute atomic E-state index is 13.1. The average Bonchev–Trinajstić information content (AvgIpc) is 3.69. The fourth-order valence-electron chi connectivity index (χ4n) is 3.66. The molecular formula is C26H21FN4O4. The Morgan fingerprint density at radius 3 is 2.34 bits per heavy atom. The Morgan fingerprint density at radius 2 is 1.66 bits per heavy atom. The van der Waals surface area contributed by atoms with Gasteiger partial charge in [-0.1, -0.05) is 0 Å². The molecule has 1 aliphatic rings. The van der Waals surface area contributed by atoms with Crippen LogP contribution in [0.3, 0.4) is 0 Å². The van der Waals surface area contributed by atoms with Crippen LogP contribution in [0.15, 0.2) is 73.1 Å². The molecule has 4 aromatic rings. The van der Waals surface area contributed by atoms with E-state index in [-0.39, 0.29) is 0 Å². The van der Waals surface area contributed by atoms with E-state index in [1.165, 1.54) is 30.5 Å². The summed E-state index contributed by atoms with van der Waals surface area (Å²) in [5.74, 6) is 0.802. The second kappa shape index (κ2) is 9.02. The second-order valence-electron chi connectivity index (χ2n) is 8.17. The minimum Gasteiger partial charge on any atom is -0.497 e. The van der Waals surface area contributed by atoms with Gasteiger partial charge in [0.1, 0.15) is 34.3 Å². The molecule has 1 aliphatic carbocycles. The van der Waals surface area contributed by atoms with Gasteiger partial charge in [0, 0.05) is 23.3 Å². The number of rotatable bonds is 7. The molecule has 1 fully saturated rings. The Labute approximate surface area is 200 Å². The van der Waals surface area contributed by atoms with Crippen molar-refractivity contribution in [1.29, 1.82) is 0 Å². The molecule has 0 unspecified atom stereocenters. The largest absolute Gasteiger partial charge is 0.497 e. The number of hydrogen-bond donors (Lipinski definition) is 2. The first kappa shape index (κ1) is 22.3. The average molecular weight is 472 g/mol. The predicted octanol–water partition coefficient (Wildman–Crippen LogP) is 4.93. The molecule has 9 heteroatoms. The van der Waals surface area contributed by atoms with Crippen LogP contribution < -0.4 is 20.1 Å². The summed E-state index contributed by atoms with van der Waals surface area (Å²) in [6.07, 6.45) is 3.98. The Kier molecular flexibility index (Phi) is 5.74. The number of methoxy groups -OCH3 is 1. The number of anilines is 2. The van der Waals surface area contributed by atoms with Crippen molar-refractivity contribution in [3.8, 4) is 17.2 Å². The van der Waals surface area contributed by atoms with E-state index in [0.717, 1.165) is 10.9 Å². The minimum atomic E-state index is -1.16. The van der Waals surface area contributed by atoms with Gasteiger partial charge in [0.05, 0.1) is 18.8 Å². The topological polar surface area (TPSA) is 102 Å². The number of nitrogens with zero attached hydrogens (tertiary/aromatic N) is 2. The third kappa shape index (κ3) is 4.61. The third-order valence-corrected chi connectivity index (χ3v) is 5.84. The lowest BCUT2D eigenvalue weighted by atomic mass is 10.0. The number of carbonyl (C=O) groups excluding carboxylic acids is 2. The third-order valence-electron chi connectivity index (χ3n) is 5.84. The number of ether oxygens (including phenoxy) is 2. The highest BCUT2D eigenvalue weighted by Gasteiger charge is 2.56. The van der Waals surface area contributed by atoms with E-state index in [2.05, 4.69) is 20.6 Å². The van der Waals surface area contributed by atoms with Crippen molar-refractivity contribution in [1.82, 2.24) is 9.97 Å². The summed E-state index contributed by atoms with van der Waals surface area (Å²) in [6, 6.07) is 15.9. The van der Waals surface area contributed by atoms with Crippen molar-refractivity contribution in [2.45, 2.75) is 12.8 Å². The summed E-state index contributed by atoms with van der Waals surface area (Å²) in [6.45, 7) is 0. The lowest BCUT2D eigenvalue weighted by Gasteiger charge is -2.15. The first-order valence-corrected chi connectivity index (χ1v) is 10.9. The fraction of sp³-hybridized carbons (Fsp3) is 0.154. The second-order valence-corrected chi connectivity index (χ2v) is 8.17. The van der Waals surface area contributed by atoms with Gasteiger partial charge >= 0.3 is 0 Å². The molecule has 2 aromatic heterocycles. The lowest BCUT2D eigenvalue weighted by Crippen LogP contribution is -2.35. The first-order valence-electron chi connectivity index (χ1n) is 10.9. The molecule has 0 atom stereocenters. The molecule has 2 amide bonds. The highest BCUT2D eigenvalue weighted by atomic mass is 19.1. The van der Waals surface area contributed by atoms with Crippen LogP contribution in [-0.4, -0.2) is 28.9 Å². The van der Waals surface area contributed by atoms with Gasteiger partial charge in [-0.15, -0.1) is 0 Å². The van der Waals surface area contributed by atoms with Gasteiger partial charge in [-0.3, -0.25) is 14.6 Å². The number of fused-ring (bicyclic) bond motifs is 1. The quantitative estimate of drug-likeness (QED) is 0.370. The van der Waals surface area contributed by atoms with Crippen LogP contribution in [0.25, 0.3) is 10.9 Å². The monoisotopic (exact) mass is 472 g/mol. The van der Waals surface area contributed by atoms with Gasteiger partial charge in [0.15, 0.2) is 0 Å². The van der Waals surface area contributed by atoms with Gasteiger partial charge in [-0.25, -0.2) is 9.37 Å². The minimum absolute atomic E-state index is 0.299. The molecule has 8 nitrogen and oxygen atoms in total. The predicted molar refractivity (Wildman–Crippen MR) is 128 cm³/mol. The van der Waals surface area contributed by atoms with Crippen LogP contribution >= 0.6 is 0 Å². The molecule has 176 valence electrons. The molecule has 35 heavy (non-hydrogen) atoms. The normalized spacial score (nSPS) is 13.7. The maximum Gasteiger partial charge on any atom is 0.241 e. The highest BCUT2D eigenvalue weighted by molar-refractivity contribution is 6.16. The Morgan fingerprint density at radius 1 is 0.914 bits per heavy atom. The van der Waals surface area contributed by atoms with Crippen LogP contribution in [0.5, 0.6) is 17.2 Å². The van der Waals surface area contributed by atoms with Gasteiger partial charge in [0.2, 0.25) is 11.8 Å². The number of benzene rings is 2. The summed E-state index contributed by atoms with van der Waals surface area (Å²) < 4.78 is 24.3. The molecule has 0 saturated heterocycles. The van der Waals surface area contributed by atoms with E-state index in [1.54, 1.807) is 31.5 Å². The van der Waals surface area contributed by atoms with Crippen molar-refractivity contribution >= 4 is 34.2 Å². The van der Waals surface area contributed by atoms with Crippen molar-refractivity contribution in [3.63, 3.8) is 0 Å². The van der Waals surface area contributed by atoms with Crippen molar-refractivity contribution in [3.05, 3.63) is 78.9 Å². The fourth-order valence-corrected chi connectivity index (χ4v) is 3.66. The van der Waals surface area contributed by atoms with E-state index < -0.39 is 23.0 Å². The van der Waals surface area contributed by atoms with E-state index in [9.17, 15) is 14.0 Å². The summed E-state index contributed by atoms with van der Waals surface area (Å²) in [5.41, 5.74) is -0.00747. The van der Waals surface area contributed by atoms with Crippen LogP contribution in [0.2, 0.25) is 0 Å². The SMILES string of the molecule is COc1ccc2c(Oc3ccc(NC(=O)C4(C(=O)Nc5ccc(F)cc5)CC4)nc3)ccnc2c1. The molecular weight excluding hydrogens is 451 g/mol. The highest BCUT2D eigenvalue weighted by Crippen LogP contribution is 2.47. The van der Waals surface area contributed by atoms with E-state index >= 15 is 0 Å². The Hall–Kier alpha value is -4.53. The number of hydrogen-bond acceptors (Lipinski definition) is 6. The molecule has 5 rings (SSSR count). The Balaban J connectivity index is 1.25. The molecule has 2 heterocycles. The van der Waals surface area contributed by atoms with Crippen LogP contribution in [0.1, 0.15) is 12.8 Å². The number of halogens is 1. The standard InChI is InChI=1S/C26H21FN4O4/c1-34-18-6-8-20-21(14-18)28-13-10-22(20)35-19-7-9-23(29-15-19)31-25(33)26(11-12-26)24(32)30-17-4-2-16(27)3-5-17/h2-10,13-15H,11-12H2,1H3,(H,30,32)(H,29,31,33). The summed E-state index contributed by atoms with van der Waals surface area (Å²) in [4.78, 5) is 34.1. The van der Waals surface area contributed by atoms with Gasteiger partial charge < -0.3 is 20.1 Å². The zero-order valence-electron chi connectivity index (χ0n) is 18.7. The molecule has 0 radical (unpaired) electrons. The zero-order valence-corrected chi connectivity index (χ0v) is 18.7. The number of pyridine rings is 2. The molecule has 0 aliphatic heterocycles. The lowest BCUT2D eigenvalue weighted by molar-refractivity contribution is -0.131. The number of amides is 2. The molecule has 2 aromatic carbocycles. The number of nitrogens with one attached hydrogen (secondary N) is 2. The molecule has 2 N–H and O–H groups in total. The van der Waals surface area contributed by atoms with Crippen LogP contribution in [-0.2, 0) is 9.59 Å². The van der Waals surface area contributed by atoms with Gasteiger partial charge in [-0.05, 0) is 67.4 Å².